The maximum atomic E-state index is 14.0. The summed E-state index contributed by atoms with van der Waals surface area (Å²) in [4.78, 5) is 28.8. The van der Waals surface area contributed by atoms with Crippen molar-refractivity contribution in [3.63, 3.8) is 0 Å². The predicted octanol–water partition coefficient (Wildman–Crippen LogP) is 3.21. The van der Waals surface area contributed by atoms with E-state index in [9.17, 15) is 14.0 Å². The molecular formula is C21H19FN2O3. The van der Waals surface area contributed by atoms with Gasteiger partial charge < -0.3 is 9.64 Å². The Hall–Kier alpha value is -3.15. The van der Waals surface area contributed by atoms with Crippen molar-refractivity contribution in [2.75, 3.05) is 24.5 Å². The van der Waals surface area contributed by atoms with E-state index < -0.39 is 11.7 Å². The van der Waals surface area contributed by atoms with Crippen LogP contribution in [0.25, 0.3) is 6.08 Å². The molecule has 1 fully saturated rings. The van der Waals surface area contributed by atoms with Gasteiger partial charge in [0, 0.05) is 18.7 Å². The van der Waals surface area contributed by atoms with Crippen LogP contribution in [0.3, 0.4) is 0 Å². The molecule has 2 heterocycles. The summed E-state index contributed by atoms with van der Waals surface area (Å²) in [6.45, 7) is 1.38. The SMILES string of the molecule is O=C(CN1C(=O)/C(=C/c2ccccc2F)Oc2ccccc21)N1CCCC1. The van der Waals surface area contributed by atoms with E-state index in [-0.39, 0.29) is 23.8 Å². The molecule has 2 amide bonds. The van der Waals surface area contributed by atoms with Crippen LogP contribution in [-0.4, -0.2) is 36.3 Å². The van der Waals surface area contributed by atoms with E-state index in [1.54, 1.807) is 47.4 Å². The second-order valence-electron chi connectivity index (χ2n) is 6.58. The highest BCUT2D eigenvalue weighted by molar-refractivity contribution is 6.12. The Labute approximate surface area is 156 Å². The normalized spacial score (nSPS) is 17.8. The number of hydrogen-bond donors (Lipinski definition) is 0. The molecule has 0 saturated carbocycles. The van der Waals surface area contributed by atoms with Gasteiger partial charge in [-0.05, 0) is 37.1 Å². The van der Waals surface area contributed by atoms with Crippen molar-refractivity contribution in [1.29, 1.82) is 0 Å². The van der Waals surface area contributed by atoms with Crippen molar-refractivity contribution in [2.45, 2.75) is 12.8 Å². The summed E-state index contributed by atoms with van der Waals surface area (Å²) in [6, 6.07) is 13.2. The van der Waals surface area contributed by atoms with E-state index in [0.717, 1.165) is 25.9 Å². The first-order valence-corrected chi connectivity index (χ1v) is 8.96. The predicted molar refractivity (Wildman–Crippen MR) is 99.6 cm³/mol. The van der Waals surface area contributed by atoms with E-state index in [4.69, 9.17) is 4.74 Å². The third kappa shape index (κ3) is 3.43. The number of nitrogens with zero attached hydrogens (tertiary/aromatic N) is 2. The van der Waals surface area contributed by atoms with Gasteiger partial charge in [-0.3, -0.25) is 14.5 Å². The van der Waals surface area contributed by atoms with Crippen LogP contribution in [0.5, 0.6) is 5.75 Å². The van der Waals surface area contributed by atoms with Gasteiger partial charge in [0.05, 0.1) is 5.69 Å². The van der Waals surface area contributed by atoms with E-state index >= 15 is 0 Å². The number of ether oxygens (including phenoxy) is 1. The van der Waals surface area contributed by atoms with Gasteiger partial charge in [-0.25, -0.2) is 4.39 Å². The summed E-state index contributed by atoms with van der Waals surface area (Å²) in [5.41, 5.74) is 0.798. The number of carbonyl (C=O) groups is 2. The maximum absolute atomic E-state index is 14.0. The van der Waals surface area contributed by atoms with Crippen LogP contribution in [0, 0.1) is 5.82 Å². The minimum Gasteiger partial charge on any atom is -0.449 e. The fraction of sp³-hybridized carbons (Fsp3) is 0.238. The molecule has 4 rings (SSSR count). The number of anilines is 1. The monoisotopic (exact) mass is 366 g/mol. The molecule has 27 heavy (non-hydrogen) atoms. The number of para-hydroxylation sites is 2. The number of carbonyl (C=O) groups excluding carboxylic acids is 2. The van der Waals surface area contributed by atoms with Gasteiger partial charge in [0.25, 0.3) is 5.91 Å². The standard InChI is InChI=1S/C21H19FN2O3/c22-16-8-2-1-7-15(16)13-19-21(26)24(14-20(25)23-11-5-6-12-23)17-9-3-4-10-18(17)27-19/h1-4,7-10,13H,5-6,11-12,14H2/b19-13-. The molecule has 2 aromatic carbocycles. The molecule has 0 radical (unpaired) electrons. The lowest BCUT2D eigenvalue weighted by Crippen LogP contribution is -2.45. The van der Waals surface area contributed by atoms with Crippen LogP contribution in [0.2, 0.25) is 0 Å². The van der Waals surface area contributed by atoms with Crippen molar-refractivity contribution in [3.8, 4) is 5.75 Å². The second-order valence-corrected chi connectivity index (χ2v) is 6.58. The minimum atomic E-state index is -0.454. The molecule has 0 N–H and O–H groups in total. The minimum absolute atomic E-state index is 0.00646. The summed E-state index contributed by atoms with van der Waals surface area (Å²) < 4.78 is 19.7. The van der Waals surface area contributed by atoms with Gasteiger partial charge >= 0.3 is 0 Å². The van der Waals surface area contributed by atoms with Crippen LogP contribution in [0.1, 0.15) is 18.4 Å². The Balaban J connectivity index is 1.68. The smallest absolute Gasteiger partial charge is 0.294 e. The van der Waals surface area contributed by atoms with Gasteiger partial charge in [-0.1, -0.05) is 30.3 Å². The number of hydrogen-bond acceptors (Lipinski definition) is 3. The number of fused-ring (bicyclic) bond motifs is 1. The molecule has 0 aliphatic carbocycles. The first-order chi connectivity index (χ1) is 13.1. The number of rotatable bonds is 3. The third-order valence-electron chi connectivity index (χ3n) is 4.78. The van der Waals surface area contributed by atoms with Crippen molar-refractivity contribution < 1.29 is 18.7 Å². The Kier molecular flexibility index (Phi) is 4.62. The van der Waals surface area contributed by atoms with Crippen LogP contribution in [0.4, 0.5) is 10.1 Å². The molecular weight excluding hydrogens is 347 g/mol. The largest absolute Gasteiger partial charge is 0.449 e. The fourth-order valence-electron chi connectivity index (χ4n) is 3.35. The molecule has 0 spiro atoms. The lowest BCUT2D eigenvalue weighted by atomic mass is 10.1. The van der Waals surface area contributed by atoms with Crippen molar-refractivity contribution in [3.05, 3.63) is 65.7 Å². The van der Waals surface area contributed by atoms with Crippen LogP contribution in [0.15, 0.2) is 54.3 Å². The van der Waals surface area contributed by atoms with E-state index in [1.165, 1.54) is 17.0 Å². The molecule has 2 aliphatic heterocycles. The third-order valence-corrected chi connectivity index (χ3v) is 4.78. The van der Waals surface area contributed by atoms with Crippen molar-refractivity contribution in [1.82, 2.24) is 4.90 Å². The van der Waals surface area contributed by atoms with E-state index in [0.29, 0.717) is 11.4 Å². The van der Waals surface area contributed by atoms with Crippen LogP contribution in [-0.2, 0) is 9.59 Å². The highest BCUT2D eigenvalue weighted by atomic mass is 19.1. The summed E-state index contributed by atoms with van der Waals surface area (Å²) in [5.74, 6) is -0.533. The van der Waals surface area contributed by atoms with E-state index in [1.807, 2.05) is 0 Å². The Morgan fingerprint density at radius 3 is 2.56 bits per heavy atom. The second kappa shape index (κ2) is 7.23. The zero-order valence-corrected chi connectivity index (χ0v) is 14.7. The molecule has 0 aromatic heterocycles. The van der Waals surface area contributed by atoms with Crippen LogP contribution >= 0.6 is 0 Å². The Bertz CT molecular complexity index is 919. The molecule has 0 bridgehead atoms. The summed E-state index contributed by atoms with van der Waals surface area (Å²) in [6.07, 6.45) is 3.34. The molecule has 5 nitrogen and oxygen atoms in total. The highest BCUT2D eigenvalue weighted by Crippen LogP contribution is 2.35. The summed E-state index contributed by atoms with van der Waals surface area (Å²) in [7, 11) is 0. The molecule has 0 unspecified atom stereocenters. The molecule has 0 atom stereocenters. The van der Waals surface area contributed by atoms with Gasteiger partial charge in [0.1, 0.15) is 12.4 Å². The van der Waals surface area contributed by atoms with Crippen molar-refractivity contribution >= 4 is 23.6 Å². The zero-order valence-electron chi connectivity index (χ0n) is 14.7. The lowest BCUT2D eigenvalue weighted by Gasteiger charge is -2.31. The first kappa shape index (κ1) is 17.3. The number of halogens is 1. The number of likely N-dealkylation sites (tertiary alicyclic amines) is 1. The average molecular weight is 366 g/mol. The van der Waals surface area contributed by atoms with Gasteiger partial charge in [-0.15, -0.1) is 0 Å². The molecule has 6 heteroatoms. The Morgan fingerprint density at radius 1 is 1.07 bits per heavy atom. The summed E-state index contributed by atoms with van der Waals surface area (Å²) in [5, 5.41) is 0. The number of amides is 2. The van der Waals surface area contributed by atoms with Gasteiger partial charge in [-0.2, -0.15) is 0 Å². The van der Waals surface area contributed by atoms with Crippen LogP contribution < -0.4 is 9.64 Å². The lowest BCUT2D eigenvalue weighted by molar-refractivity contribution is -0.130. The topological polar surface area (TPSA) is 49.9 Å². The quantitative estimate of drug-likeness (QED) is 0.784. The molecule has 138 valence electrons. The zero-order chi connectivity index (χ0) is 18.8. The maximum Gasteiger partial charge on any atom is 0.294 e. The highest BCUT2D eigenvalue weighted by Gasteiger charge is 2.33. The van der Waals surface area contributed by atoms with E-state index in [2.05, 4.69) is 0 Å². The number of benzene rings is 2. The first-order valence-electron chi connectivity index (χ1n) is 8.96. The molecule has 1 saturated heterocycles. The van der Waals surface area contributed by atoms with Gasteiger partial charge in [0.15, 0.2) is 11.5 Å². The molecule has 2 aliphatic rings. The average Bonchev–Trinajstić information content (AvgIpc) is 3.21. The van der Waals surface area contributed by atoms with Crippen molar-refractivity contribution in [2.24, 2.45) is 0 Å². The Morgan fingerprint density at radius 2 is 1.78 bits per heavy atom. The van der Waals surface area contributed by atoms with Gasteiger partial charge in [0.2, 0.25) is 5.91 Å². The summed E-state index contributed by atoms with van der Waals surface area (Å²) >= 11 is 0. The molecule has 2 aromatic rings. The fourth-order valence-corrected chi connectivity index (χ4v) is 3.35.